The number of aliphatic carboxylic acids is 1. The van der Waals surface area contributed by atoms with Gasteiger partial charge >= 0.3 is 5.97 Å². The lowest BCUT2D eigenvalue weighted by Crippen LogP contribution is -2.28. The van der Waals surface area contributed by atoms with Crippen molar-refractivity contribution in [2.75, 3.05) is 6.61 Å². The van der Waals surface area contributed by atoms with Gasteiger partial charge < -0.3 is 9.84 Å². The number of hydrogen-bond acceptors (Lipinski definition) is 2. The lowest BCUT2D eigenvalue weighted by Gasteiger charge is -2.18. The predicted molar refractivity (Wildman–Crippen MR) is 53.4 cm³/mol. The zero-order valence-corrected chi connectivity index (χ0v) is 8.69. The highest BCUT2D eigenvalue weighted by atomic mass is 19.3. The van der Waals surface area contributed by atoms with Crippen LogP contribution < -0.4 is 0 Å². The largest absolute Gasteiger partial charge is 0.479 e. The minimum atomic E-state index is -3.18. The fourth-order valence-electron chi connectivity index (χ4n) is 1.07. The van der Waals surface area contributed by atoms with Crippen molar-refractivity contribution in [1.29, 1.82) is 0 Å². The second-order valence-corrected chi connectivity index (χ2v) is 3.36. The average Bonchev–Trinajstić information content (AvgIpc) is 2.27. The Morgan fingerprint density at radius 3 is 2.50 bits per heavy atom. The van der Waals surface area contributed by atoms with Crippen molar-refractivity contribution >= 4 is 5.97 Å². The van der Waals surface area contributed by atoms with Gasteiger partial charge in [0.1, 0.15) is 6.61 Å². The van der Waals surface area contributed by atoms with Crippen LogP contribution in [-0.2, 0) is 15.5 Å². The number of benzene rings is 1. The normalized spacial score (nSPS) is 13.4. The molecule has 1 aromatic carbocycles. The first-order chi connectivity index (χ1) is 7.43. The Bertz CT molecular complexity index is 352. The first kappa shape index (κ1) is 12.6. The topological polar surface area (TPSA) is 46.5 Å². The molecule has 16 heavy (non-hydrogen) atoms. The molecule has 1 N–H and O–H groups in total. The second kappa shape index (κ2) is 5.03. The molecule has 0 aliphatic carbocycles. The van der Waals surface area contributed by atoms with Crippen LogP contribution in [0.3, 0.4) is 0 Å². The van der Waals surface area contributed by atoms with E-state index in [-0.39, 0.29) is 5.56 Å². The molecule has 5 heteroatoms. The third kappa shape index (κ3) is 3.27. The van der Waals surface area contributed by atoms with E-state index in [1.54, 1.807) is 6.07 Å². The number of alkyl halides is 2. The first-order valence-corrected chi connectivity index (χ1v) is 4.71. The van der Waals surface area contributed by atoms with Crippen LogP contribution in [0.5, 0.6) is 0 Å². The number of carbonyl (C=O) groups is 1. The summed E-state index contributed by atoms with van der Waals surface area (Å²) in [5, 5.41) is 8.48. The van der Waals surface area contributed by atoms with Crippen LogP contribution in [0.25, 0.3) is 0 Å². The fraction of sp³-hybridized carbons (Fsp3) is 0.364. The minimum Gasteiger partial charge on any atom is -0.479 e. The molecule has 0 amide bonds. The van der Waals surface area contributed by atoms with E-state index in [2.05, 4.69) is 4.74 Å². The molecular weight excluding hydrogens is 218 g/mol. The van der Waals surface area contributed by atoms with Crippen LogP contribution in [-0.4, -0.2) is 23.8 Å². The quantitative estimate of drug-likeness (QED) is 0.844. The van der Waals surface area contributed by atoms with Crippen molar-refractivity contribution in [3.8, 4) is 0 Å². The molecule has 0 aromatic heterocycles. The Balaban J connectivity index is 2.62. The molecule has 0 aliphatic heterocycles. The Labute approximate surface area is 91.7 Å². The molecule has 1 atom stereocenters. The van der Waals surface area contributed by atoms with Gasteiger partial charge in [-0.1, -0.05) is 30.3 Å². The van der Waals surface area contributed by atoms with E-state index in [1.807, 2.05) is 0 Å². The molecule has 1 aromatic rings. The average molecular weight is 230 g/mol. The number of hydrogen-bond donors (Lipinski definition) is 1. The Kier molecular flexibility index (Phi) is 3.95. The maximum atomic E-state index is 13.5. The maximum Gasteiger partial charge on any atom is 0.332 e. The molecule has 0 fully saturated rings. The van der Waals surface area contributed by atoms with Crippen molar-refractivity contribution in [2.24, 2.45) is 0 Å². The number of rotatable bonds is 5. The number of halogens is 2. The summed E-state index contributed by atoms with van der Waals surface area (Å²) in [6.07, 6.45) is -1.24. The molecule has 0 saturated carbocycles. The SMILES string of the molecule is C[C@H](OCC(F)(F)c1ccccc1)C(=O)O. The lowest BCUT2D eigenvalue weighted by molar-refractivity contribution is -0.157. The summed E-state index contributed by atoms with van der Waals surface area (Å²) in [4.78, 5) is 10.4. The summed E-state index contributed by atoms with van der Waals surface area (Å²) < 4.78 is 31.5. The summed E-state index contributed by atoms with van der Waals surface area (Å²) in [6, 6.07) is 7.15. The number of ether oxygens (including phenoxy) is 1. The van der Waals surface area contributed by atoms with Crippen molar-refractivity contribution in [3.05, 3.63) is 35.9 Å². The fourth-order valence-corrected chi connectivity index (χ4v) is 1.07. The van der Waals surface area contributed by atoms with Gasteiger partial charge in [0.05, 0.1) is 0 Å². The molecule has 0 heterocycles. The molecule has 0 unspecified atom stereocenters. The van der Waals surface area contributed by atoms with Crippen LogP contribution >= 0.6 is 0 Å². The third-order valence-corrected chi connectivity index (χ3v) is 2.06. The van der Waals surface area contributed by atoms with E-state index < -0.39 is 24.6 Å². The zero-order chi connectivity index (χ0) is 12.2. The molecule has 0 spiro atoms. The molecule has 0 bridgehead atoms. The van der Waals surface area contributed by atoms with Crippen molar-refractivity contribution in [1.82, 2.24) is 0 Å². The standard InChI is InChI=1S/C11H12F2O3/c1-8(10(14)15)16-7-11(12,13)9-5-3-2-4-6-9/h2-6,8H,7H2,1H3,(H,14,15)/t8-/m0/s1. The molecule has 3 nitrogen and oxygen atoms in total. The lowest BCUT2D eigenvalue weighted by atomic mass is 10.1. The summed E-state index contributed by atoms with van der Waals surface area (Å²) in [7, 11) is 0. The van der Waals surface area contributed by atoms with E-state index in [1.165, 1.54) is 31.2 Å². The van der Waals surface area contributed by atoms with Crippen LogP contribution in [0.15, 0.2) is 30.3 Å². The molecule has 1 rings (SSSR count). The van der Waals surface area contributed by atoms with E-state index in [9.17, 15) is 13.6 Å². The Morgan fingerprint density at radius 2 is 2.00 bits per heavy atom. The van der Waals surface area contributed by atoms with E-state index >= 15 is 0 Å². The van der Waals surface area contributed by atoms with Crippen LogP contribution in [0.4, 0.5) is 8.78 Å². The van der Waals surface area contributed by atoms with Gasteiger partial charge in [-0.05, 0) is 6.92 Å². The highest BCUT2D eigenvalue weighted by Crippen LogP contribution is 2.28. The third-order valence-electron chi connectivity index (χ3n) is 2.06. The Hall–Kier alpha value is -1.49. The smallest absolute Gasteiger partial charge is 0.332 e. The van der Waals surface area contributed by atoms with Crippen LogP contribution in [0, 0.1) is 0 Å². The van der Waals surface area contributed by atoms with Gasteiger partial charge in [-0.15, -0.1) is 0 Å². The minimum absolute atomic E-state index is 0.187. The highest BCUT2D eigenvalue weighted by Gasteiger charge is 2.33. The van der Waals surface area contributed by atoms with Gasteiger partial charge in [0.25, 0.3) is 5.92 Å². The predicted octanol–water partition coefficient (Wildman–Crippen LogP) is 2.27. The summed E-state index contributed by atoms with van der Waals surface area (Å²) in [5.74, 6) is -4.44. The van der Waals surface area contributed by atoms with Gasteiger partial charge in [0.2, 0.25) is 0 Å². The van der Waals surface area contributed by atoms with Gasteiger partial charge in [0.15, 0.2) is 6.10 Å². The summed E-state index contributed by atoms with van der Waals surface area (Å²) in [5.41, 5.74) is -0.187. The molecule has 0 aliphatic rings. The monoisotopic (exact) mass is 230 g/mol. The van der Waals surface area contributed by atoms with Gasteiger partial charge in [-0.3, -0.25) is 0 Å². The zero-order valence-electron chi connectivity index (χ0n) is 8.69. The molecule has 0 saturated heterocycles. The van der Waals surface area contributed by atoms with Crippen molar-refractivity contribution < 1.29 is 23.4 Å². The van der Waals surface area contributed by atoms with Crippen LogP contribution in [0.1, 0.15) is 12.5 Å². The van der Waals surface area contributed by atoms with E-state index in [0.29, 0.717) is 0 Å². The highest BCUT2D eigenvalue weighted by molar-refractivity contribution is 5.71. The van der Waals surface area contributed by atoms with Gasteiger partial charge in [-0.2, -0.15) is 8.78 Å². The van der Waals surface area contributed by atoms with Gasteiger partial charge in [-0.25, -0.2) is 4.79 Å². The number of carboxylic acid groups (broad SMARTS) is 1. The van der Waals surface area contributed by atoms with Crippen molar-refractivity contribution in [3.63, 3.8) is 0 Å². The van der Waals surface area contributed by atoms with Crippen molar-refractivity contribution in [2.45, 2.75) is 19.0 Å². The van der Waals surface area contributed by atoms with E-state index in [0.717, 1.165) is 0 Å². The summed E-state index contributed by atoms with van der Waals surface area (Å²) >= 11 is 0. The molecule has 88 valence electrons. The Morgan fingerprint density at radius 1 is 1.44 bits per heavy atom. The number of carboxylic acids is 1. The van der Waals surface area contributed by atoms with Crippen LogP contribution in [0.2, 0.25) is 0 Å². The maximum absolute atomic E-state index is 13.5. The van der Waals surface area contributed by atoms with Gasteiger partial charge in [0, 0.05) is 5.56 Å². The second-order valence-electron chi connectivity index (χ2n) is 3.36. The van der Waals surface area contributed by atoms with E-state index in [4.69, 9.17) is 5.11 Å². The molecule has 0 radical (unpaired) electrons. The summed E-state index contributed by atoms with van der Waals surface area (Å²) in [6.45, 7) is 0.272. The first-order valence-electron chi connectivity index (χ1n) is 4.71. The molecular formula is C11H12F2O3.